The summed E-state index contributed by atoms with van der Waals surface area (Å²) in [6.07, 6.45) is 1.41. The molecular formula is C15H15N5O2S. The number of carbonyl (C=O) groups excluding carboxylic acids is 1. The molecule has 8 heteroatoms. The number of aryl methyl sites for hydroxylation is 1. The van der Waals surface area contributed by atoms with Gasteiger partial charge in [-0.15, -0.1) is 5.10 Å². The first kappa shape index (κ1) is 15.3. The molecule has 3 rings (SSSR count). The van der Waals surface area contributed by atoms with Crippen LogP contribution in [0.15, 0.2) is 35.4 Å². The Balaban J connectivity index is 1.79. The van der Waals surface area contributed by atoms with Crippen LogP contribution in [-0.2, 0) is 17.9 Å². The molecule has 0 fully saturated rings. The van der Waals surface area contributed by atoms with Crippen molar-refractivity contribution < 1.29 is 4.79 Å². The number of hydrogen-bond donors (Lipinski definition) is 0. The zero-order chi connectivity index (χ0) is 16.4. The van der Waals surface area contributed by atoms with Crippen molar-refractivity contribution in [2.24, 2.45) is 0 Å². The van der Waals surface area contributed by atoms with Gasteiger partial charge in [0.05, 0.1) is 34.3 Å². The zero-order valence-electron chi connectivity index (χ0n) is 12.8. The van der Waals surface area contributed by atoms with E-state index in [1.54, 1.807) is 30.1 Å². The molecule has 0 unspecified atom stereocenters. The molecule has 1 amide bonds. The third-order valence-corrected chi connectivity index (χ3v) is 4.40. The van der Waals surface area contributed by atoms with E-state index in [-0.39, 0.29) is 18.0 Å². The highest BCUT2D eigenvalue weighted by Crippen LogP contribution is 2.12. The number of fused-ring (bicyclic) bond motifs is 1. The summed E-state index contributed by atoms with van der Waals surface area (Å²) in [4.78, 5) is 31.4. The fraction of sp³-hybridized carbons (Fsp3) is 0.267. The molecule has 0 saturated carbocycles. The Labute approximate surface area is 136 Å². The van der Waals surface area contributed by atoms with Gasteiger partial charge in [0.15, 0.2) is 0 Å². The molecule has 118 valence electrons. The summed E-state index contributed by atoms with van der Waals surface area (Å²) in [7, 11) is 1.70. The monoisotopic (exact) mass is 329 g/mol. The fourth-order valence-electron chi connectivity index (χ4n) is 2.18. The lowest BCUT2D eigenvalue weighted by Crippen LogP contribution is -2.33. The van der Waals surface area contributed by atoms with Gasteiger partial charge < -0.3 is 4.90 Å². The Morgan fingerprint density at radius 2 is 2.13 bits per heavy atom. The smallest absolute Gasteiger partial charge is 0.261 e. The summed E-state index contributed by atoms with van der Waals surface area (Å²) < 4.78 is 5.19. The van der Waals surface area contributed by atoms with Crippen molar-refractivity contribution in [2.75, 3.05) is 7.05 Å². The Morgan fingerprint density at radius 1 is 1.35 bits per heavy atom. The summed E-state index contributed by atoms with van der Waals surface area (Å²) in [6, 6.07) is 7.09. The molecule has 7 nitrogen and oxygen atoms in total. The SMILES string of the molecule is Cc1nnsc1CN(C)C(=O)Cn1cnc2ccccc2c1=O. The highest BCUT2D eigenvalue weighted by molar-refractivity contribution is 7.05. The molecule has 3 aromatic rings. The van der Waals surface area contributed by atoms with Gasteiger partial charge in [-0.05, 0) is 30.6 Å². The standard InChI is InChI=1S/C15H15N5O2S/c1-10-13(23-18-17-10)7-19(2)14(21)8-20-9-16-12-6-4-3-5-11(12)15(20)22/h3-6,9H,7-8H2,1-2H3. The summed E-state index contributed by atoms with van der Waals surface area (Å²) in [5, 5.41) is 4.43. The summed E-state index contributed by atoms with van der Waals surface area (Å²) in [5.74, 6) is -0.169. The van der Waals surface area contributed by atoms with Crippen molar-refractivity contribution >= 4 is 28.3 Å². The first-order valence-electron chi connectivity index (χ1n) is 7.02. The van der Waals surface area contributed by atoms with Crippen LogP contribution >= 0.6 is 11.5 Å². The van der Waals surface area contributed by atoms with Gasteiger partial charge in [0.1, 0.15) is 6.54 Å². The fourth-order valence-corrected chi connectivity index (χ4v) is 2.87. The van der Waals surface area contributed by atoms with E-state index in [9.17, 15) is 9.59 Å². The van der Waals surface area contributed by atoms with Gasteiger partial charge in [-0.3, -0.25) is 14.2 Å². The van der Waals surface area contributed by atoms with Crippen molar-refractivity contribution in [2.45, 2.75) is 20.0 Å². The van der Waals surface area contributed by atoms with E-state index < -0.39 is 0 Å². The van der Waals surface area contributed by atoms with Crippen LogP contribution in [0.4, 0.5) is 0 Å². The van der Waals surface area contributed by atoms with Gasteiger partial charge in [0.25, 0.3) is 5.56 Å². The normalized spacial score (nSPS) is 10.9. The zero-order valence-corrected chi connectivity index (χ0v) is 13.6. The molecule has 0 radical (unpaired) electrons. The second-order valence-corrected chi connectivity index (χ2v) is 6.06. The second kappa shape index (κ2) is 6.25. The maximum atomic E-state index is 12.4. The number of carbonyl (C=O) groups is 1. The van der Waals surface area contributed by atoms with Gasteiger partial charge in [-0.1, -0.05) is 16.6 Å². The molecule has 2 aromatic heterocycles. The Hall–Kier alpha value is -2.61. The molecule has 0 N–H and O–H groups in total. The lowest BCUT2D eigenvalue weighted by Gasteiger charge is -2.17. The summed E-state index contributed by atoms with van der Waals surface area (Å²) in [6.45, 7) is 2.24. The minimum absolute atomic E-state index is 0.0432. The predicted molar refractivity (Wildman–Crippen MR) is 87.1 cm³/mol. The first-order chi connectivity index (χ1) is 11.1. The molecule has 0 aliphatic rings. The molecule has 1 aromatic carbocycles. The van der Waals surface area contributed by atoms with Gasteiger partial charge in [-0.25, -0.2) is 4.98 Å². The first-order valence-corrected chi connectivity index (χ1v) is 7.79. The highest BCUT2D eigenvalue weighted by atomic mass is 32.1. The maximum Gasteiger partial charge on any atom is 0.261 e. The van der Waals surface area contributed by atoms with Crippen molar-refractivity contribution in [1.82, 2.24) is 24.0 Å². The number of amides is 1. The third-order valence-electron chi connectivity index (χ3n) is 3.59. The summed E-state index contributed by atoms with van der Waals surface area (Å²) in [5.41, 5.74) is 1.23. The number of rotatable bonds is 4. The van der Waals surface area contributed by atoms with Gasteiger partial charge in [-0.2, -0.15) is 0 Å². The topological polar surface area (TPSA) is 81.0 Å². The van der Waals surface area contributed by atoms with Gasteiger partial charge >= 0.3 is 0 Å². The molecule has 23 heavy (non-hydrogen) atoms. The second-order valence-electron chi connectivity index (χ2n) is 5.23. The van der Waals surface area contributed by atoms with Crippen molar-refractivity contribution in [1.29, 1.82) is 0 Å². The van der Waals surface area contributed by atoms with Gasteiger partial charge in [0.2, 0.25) is 5.91 Å². The van der Waals surface area contributed by atoms with Crippen LogP contribution in [0.2, 0.25) is 0 Å². The van der Waals surface area contributed by atoms with Crippen LogP contribution in [0.3, 0.4) is 0 Å². The largest absolute Gasteiger partial charge is 0.339 e. The average molecular weight is 329 g/mol. The van der Waals surface area contributed by atoms with Crippen LogP contribution < -0.4 is 5.56 Å². The molecule has 0 atom stereocenters. The Bertz CT molecular complexity index is 917. The average Bonchev–Trinajstić information content (AvgIpc) is 2.95. The molecular weight excluding hydrogens is 314 g/mol. The van der Waals surface area contributed by atoms with E-state index >= 15 is 0 Å². The number of benzene rings is 1. The van der Waals surface area contributed by atoms with Gasteiger partial charge in [0, 0.05) is 7.05 Å². The quantitative estimate of drug-likeness (QED) is 0.719. The number of para-hydroxylation sites is 1. The number of likely N-dealkylation sites (N-methyl/N-ethyl adjacent to an activating group) is 1. The molecule has 0 spiro atoms. The van der Waals surface area contributed by atoms with E-state index in [4.69, 9.17) is 0 Å². The predicted octanol–water partition coefficient (Wildman–Crippen LogP) is 1.22. The molecule has 0 aliphatic carbocycles. The number of hydrogen-bond acceptors (Lipinski definition) is 6. The van der Waals surface area contributed by atoms with E-state index in [2.05, 4.69) is 14.6 Å². The Kier molecular flexibility index (Phi) is 4.16. The number of aromatic nitrogens is 4. The van der Waals surface area contributed by atoms with Crippen molar-refractivity contribution in [3.8, 4) is 0 Å². The van der Waals surface area contributed by atoms with Crippen LogP contribution in [-0.4, -0.2) is 37.0 Å². The van der Waals surface area contributed by atoms with Crippen LogP contribution in [0.1, 0.15) is 10.6 Å². The lowest BCUT2D eigenvalue weighted by molar-refractivity contribution is -0.131. The van der Waals surface area contributed by atoms with Crippen molar-refractivity contribution in [3.63, 3.8) is 0 Å². The van der Waals surface area contributed by atoms with E-state index in [1.165, 1.54) is 22.4 Å². The number of nitrogens with zero attached hydrogens (tertiary/aromatic N) is 5. The highest BCUT2D eigenvalue weighted by Gasteiger charge is 2.14. The minimum Gasteiger partial charge on any atom is -0.339 e. The molecule has 2 heterocycles. The maximum absolute atomic E-state index is 12.4. The van der Waals surface area contributed by atoms with E-state index in [1.807, 2.05) is 13.0 Å². The lowest BCUT2D eigenvalue weighted by atomic mass is 10.2. The van der Waals surface area contributed by atoms with E-state index in [0.29, 0.717) is 17.4 Å². The Morgan fingerprint density at radius 3 is 2.87 bits per heavy atom. The molecule has 0 aliphatic heterocycles. The molecule has 0 saturated heterocycles. The van der Waals surface area contributed by atoms with Crippen LogP contribution in [0, 0.1) is 6.92 Å². The third kappa shape index (κ3) is 3.11. The van der Waals surface area contributed by atoms with Crippen molar-refractivity contribution in [3.05, 3.63) is 51.5 Å². The molecule has 0 bridgehead atoms. The van der Waals surface area contributed by atoms with Crippen LogP contribution in [0.5, 0.6) is 0 Å². The summed E-state index contributed by atoms with van der Waals surface area (Å²) >= 11 is 1.27. The van der Waals surface area contributed by atoms with Crippen LogP contribution in [0.25, 0.3) is 10.9 Å². The van der Waals surface area contributed by atoms with E-state index in [0.717, 1.165) is 10.6 Å². The minimum atomic E-state index is -0.215.